The molecule has 3 rings (SSSR count). The molecule has 0 unspecified atom stereocenters. The Hall–Kier alpha value is -1.92. The van der Waals surface area contributed by atoms with Crippen molar-refractivity contribution < 1.29 is 4.79 Å². The number of carbonyl (C=O) groups is 1. The molecular formula is C18H15Br2N3O. The molecule has 0 radical (unpaired) electrons. The summed E-state index contributed by atoms with van der Waals surface area (Å²) in [6.45, 7) is 0.542. The number of halogens is 2. The molecule has 24 heavy (non-hydrogen) atoms. The van der Waals surface area contributed by atoms with Gasteiger partial charge in [-0.2, -0.15) is 0 Å². The minimum absolute atomic E-state index is 0.218. The average molecular weight is 449 g/mol. The molecule has 2 aromatic carbocycles. The zero-order chi connectivity index (χ0) is 17.1. The monoisotopic (exact) mass is 447 g/mol. The molecule has 0 aliphatic rings. The van der Waals surface area contributed by atoms with Crippen molar-refractivity contribution in [2.75, 3.05) is 12.3 Å². The molecule has 0 saturated carbocycles. The van der Waals surface area contributed by atoms with Crippen LogP contribution in [0.2, 0.25) is 0 Å². The van der Waals surface area contributed by atoms with Crippen LogP contribution in [0.5, 0.6) is 0 Å². The molecule has 3 aromatic rings. The van der Waals surface area contributed by atoms with Gasteiger partial charge in [0.15, 0.2) is 0 Å². The number of anilines is 1. The van der Waals surface area contributed by atoms with Crippen molar-refractivity contribution in [3.8, 4) is 0 Å². The number of nitrogens with zero attached hydrogens (tertiary/aromatic N) is 1. The van der Waals surface area contributed by atoms with Crippen molar-refractivity contribution in [2.45, 2.75) is 6.42 Å². The molecule has 0 saturated heterocycles. The number of rotatable bonds is 4. The van der Waals surface area contributed by atoms with Gasteiger partial charge < -0.3 is 11.1 Å². The summed E-state index contributed by atoms with van der Waals surface area (Å²) in [5.41, 5.74) is 8.26. The first-order chi connectivity index (χ1) is 11.6. The van der Waals surface area contributed by atoms with Crippen molar-refractivity contribution in [3.05, 3.63) is 68.6 Å². The maximum Gasteiger partial charge on any atom is 0.255 e. The number of hydrogen-bond donors (Lipinski definition) is 2. The van der Waals surface area contributed by atoms with E-state index in [-0.39, 0.29) is 11.7 Å². The van der Waals surface area contributed by atoms with Crippen LogP contribution in [0.4, 0.5) is 5.82 Å². The van der Waals surface area contributed by atoms with E-state index in [0.717, 1.165) is 26.3 Å². The molecule has 0 aliphatic carbocycles. The summed E-state index contributed by atoms with van der Waals surface area (Å²) in [6, 6.07) is 15.6. The number of benzene rings is 2. The van der Waals surface area contributed by atoms with Gasteiger partial charge in [0, 0.05) is 20.9 Å². The molecule has 1 heterocycles. The van der Waals surface area contributed by atoms with Crippen LogP contribution < -0.4 is 11.1 Å². The van der Waals surface area contributed by atoms with Gasteiger partial charge in [0.1, 0.15) is 5.82 Å². The molecule has 0 aliphatic heterocycles. The zero-order valence-electron chi connectivity index (χ0n) is 12.7. The van der Waals surface area contributed by atoms with Crippen molar-refractivity contribution >= 4 is 54.5 Å². The van der Waals surface area contributed by atoms with Crippen LogP contribution >= 0.6 is 31.9 Å². The van der Waals surface area contributed by atoms with Crippen LogP contribution in [0.15, 0.2) is 57.5 Å². The molecule has 0 atom stereocenters. The summed E-state index contributed by atoms with van der Waals surface area (Å²) in [5, 5.41) is 3.74. The van der Waals surface area contributed by atoms with Gasteiger partial charge in [-0.15, -0.1) is 0 Å². The Kier molecular flexibility index (Phi) is 5.16. The number of carbonyl (C=O) groups excluding carboxylic acids is 1. The normalized spacial score (nSPS) is 10.8. The summed E-state index contributed by atoms with van der Waals surface area (Å²) in [4.78, 5) is 16.8. The predicted octanol–water partition coefficient (Wildman–Crippen LogP) is 4.31. The van der Waals surface area contributed by atoms with E-state index >= 15 is 0 Å². The van der Waals surface area contributed by atoms with Crippen LogP contribution in [0.1, 0.15) is 15.9 Å². The van der Waals surface area contributed by atoms with Gasteiger partial charge in [0.25, 0.3) is 5.91 Å². The number of aromatic nitrogens is 1. The Morgan fingerprint density at radius 2 is 1.79 bits per heavy atom. The maximum absolute atomic E-state index is 12.4. The Bertz CT molecular complexity index is 898. The summed E-state index contributed by atoms with van der Waals surface area (Å²) >= 11 is 6.94. The molecular weight excluding hydrogens is 434 g/mol. The number of amides is 1. The minimum Gasteiger partial charge on any atom is -0.383 e. The van der Waals surface area contributed by atoms with Gasteiger partial charge in [-0.3, -0.25) is 4.79 Å². The number of nitrogen functional groups attached to an aromatic ring is 1. The van der Waals surface area contributed by atoms with Gasteiger partial charge in [-0.25, -0.2) is 4.98 Å². The van der Waals surface area contributed by atoms with Gasteiger partial charge in [0.05, 0.1) is 11.1 Å². The van der Waals surface area contributed by atoms with E-state index in [1.54, 1.807) is 6.07 Å². The SMILES string of the molecule is Nc1nc2c(Br)ccc(Br)c2cc1C(=O)NCCc1ccccc1. The van der Waals surface area contributed by atoms with Crippen LogP contribution in [0, 0.1) is 0 Å². The summed E-state index contributed by atoms with van der Waals surface area (Å²) in [7, 11) is 0. The number of nitrogens with one attached hydrogen (secondary N) is 1. The van der Waals surface area contributed by atoms with E-state index in [0.29, 0.717) is 12.1 Å². The molecule has 0 fully saturated rings. The molecule has 6 heteroatoms. The second-order valence-corrected chi connectivity index (χ2v) is 7.05. The number of fused-ring (bicyclic) bond motifs is 1. The van der Waals surface area contributed by atoms with Gasteiger partial charge in [0.2, 0.25) is 0 Å². The molecule has 122 valence electrons. The predicted molar refractivity (Wildman–Crippen MR) is 104 cm³/mol. The van der Waals surface area contributed by atoms with Crippen LogP contribution in [-0.4, -0.2) is 17.4 Å². The minimum atomic E-state index is -0.218. The van der Waals surface area contributed by atoms with Crippen molar-refractivity contribution in [1.29, 1.82) is 0 Å². The van der Waals surface area contributed by atoms with Crippen LogP contribution in [0.25, 0.3) is 10.9 Å². The van der Waals surface area contributed by atoms with E-state index in [4.69, 9.17) is 5.73 Å². The number of nitrogens with two attached hydrogens (primary N) is 1. The fourth-order valence-electron chi connectivity index (χ4n) is 2.45. The van der Waals surface area contributed by atoms with E-state index in [9.17, 15) is 4.79 Å². The fourth-order valence-corrected chi connectivity index (χ4v) is 3.32. The van der Waals surface area contributed by atoms with E-state index in [1.165, 1.54) is 5.56 Å². The number of pyridine rings is 1. The van der Waals surface area contributed by atoms with Gasteiger partial charge >= 0.3 is 0 Å². The van der Waals surface area contributed by atoms with E-state index in [1.807, 2.05) is 42.5 Å². The second kappa shape index (κ2) is 7.32. The lowest BCUT2D eigenvalue weighted by molar-refractivity contribution is 0.0955. The molecule has 4 nitrogen and oxygen atoms in total. The molecule has 0 spiro atoms. The molecule has 1 amide bonds. The Balaban J connectivity index is 1.79. The van der Waals surface area contributed by atoms with E-state index in [2.05, 4.69) is 42.2 Å². The Morgan fingerprint density at radius 1 is 1.08 bits per heavy atom. The maximum atomic E-state index is 12.4. The average Bonchev–Trinajstić information content (AvgIpc) is 2.59. The highest BCUT2D eigenvalue weighted by Crippen LogP contribution is 2.31. The lowest BCUT2D eigenvalue weighted by atomic mass is 10.1. The van der Waals surface area contributed by atoms with E-state index < -0.39 is 0 Å². The molecule has 3 N–H and O–H groups in total. The lowest BCUT2D eigenvalue weighted by Crippen LogP contribution is -2.26. The highest BCUT2D eigenvalue weighted by atomic mass is 79.9. The van der Waals surface area contributed by atoms with Crippen LogP contribution in [-0.2, 0) is 6.42 Å². The van der Waals surface area contributed by atoms with Gasteiger partial charge in [-0.05, 0) is 46.1 Å². The van der Waals surface area contributed by atoms with Crippen LogP contribution in [0.3, 0.4) is 0 Å². The van der Waals surface area contributed by atoms with Crippen molar-refractivity contribution in [3.63, 3.8) is 0 Å². The summed E-state index contributed by atoms with van der Waals surface area (Å²) in [5.74, 6) is 0.00298. The Morgan fingerprint density at radius 3 is 2.54 bits per heavy atom. The third-order valence-electron chi connectivity index (χ3n) is 3.70. The first-order valence-electron chi connectivity index (χ1n) is 7.42. The quantitative estimate of drug-likeness (QED) is 0.624. The largest absolute Gasteiger partial charge is 0.383 e. The fraction of sp³-hybridized carbons (Fsp3) is 0.111. The number of hydrogen-bond acceptors (Lipinski definition) is 3. The van der Waals surface area contributed by atoms with Gasteiger partial charge in [-0.1, -0.05) is 46.3 Å². The Labute approximate surface area is 156 Å². The summed E-state index contributed by atoms with van der Waals surface area (Å²) in [6.07, 6.45) is 0.767. The first-order valence-corrected chi connectivity index (χ1v) is 9.01. The summed E-state index contributed by atoms with van der Waals surface area (Å²) < 4.78 is 1.70. The lowest BCUT2D eigenvalue weighted by Gasteiger charge is -2.10. The zero-order valence-corrected chi connectivity index (χ0v) is 15.9. The highest BCUT2D eigenvalue weighted by Gasteiger charge is 2.14. The van der Waals surface area contributed by atoms with Crippen molar-refractivity contribution in [2.24, 2.45) is 0 Å². The van der Waals surface area contributed by atoms with Crippen molar-refractivity contribution in [1.82, 2.24) is 10.3 Å². The first kappa shape index (κ1) is 16.9. The molecule has 0 bridgehead atoms. The standard InChI is InChI=1S/C18H15Br2N3O/c19-14-6-7-15(20)16-12(14)10-13(17(21)23-16)18(24)22-9-8-11-4-2-1-3-5-11/h1-7,10H,8-9H2,(H2,21,23)(H,22,24). The molecule has 1 aromatic heterocycles. The third kappa shape index (κ3) is 3.60. The third-order valence-corrected chi connectivity index (χ3v) is 5.03. The topological polar surface area (TPSA) is 68.0 Å². The second-order valence-electron chi connectivity index (χ2n) is 5.34. The smallest absolute Gasteiger partial charge is 0.255 e. The highest BCUT2D eigenvalue weighted by molar-refractivity contribution is 9.11.